The third-order valence-corrected chi connectivity index (χ3v) is 4.37. The van der Waals surface area contributed by atoms with E-state index < -0.39 is 0 Å². The first-order chi connectivity index (χ1) is 8.66. The molecule has 0 radical (unpaired) electrons. The number of amides is 1. The van der Waals surface area contributed by atoms with Crippen LogP contribution in [0.2, 0.25) is 0 Å². The SMILES string of the molecule is Cc1cc(C(=O)N2CCc3sccc3C2C)on1. The van der Waals surface area contributed by atoms with Gasteiger partial charge < -0.3 is 9.42 Å². The van der Waals surface area contributed by atoms with E-state index in [1.54, 1.807) is 17.4 Å². The van der Waals surface area contributed by atoms with Crippen molar-refractivity contribution in [2.24, 2.45) is 0 Å². The molecule has 2 aromatic heterocycles. The smallest absolute Gasteiger partial charge is 0.292 e. The lowest BCUT2D eigenvalue weighted by atomic mass is 10.0. The van der Waals surface area contributed by atoms with Gasteiger partial charge in [0.2, 0.25) is 5.76 Å². The summed E-state index contributed by atoms with van der Waals surface area (Å²) in [6, 6.07) is 3.91. The molecule has 94 valence electrons. The van der Waals surface area contributed by atoms with Crippen molar-refractivity contribution in [1.82, 2.24) is 10.1 Å². The maximum atomic E-state index is 12.4. The Morgan fingerprint density at radius 1 is 1.61 bits per heavy atom. The fraction of sp³-hybridized carbons (Fsp3) is 0.385. The molecule has 0 saturated carbocycles. The van der Waals surface area contributed by atoms with Crippen molar-refractivity contribution in [1.29, 1.82) is 0 Å². The van der Waals surface area contributed by atoms with E-state index in [1.165, 1.54) is 10.4 Å². The normalized spacial score (nSPS) is 18.8. The van der Waals surface area contributed by atoms with E-state index in [2.05, 4.69) is 23.5 Å². The van der Waals surface area contributed by atoms with Crippen molar-refractivity contribution in [3.63, 3.8) is 0 Å². The fourth-order valence-electron chi connectivity index (χ4n) is 2.39. The molecule has 0 fully saturated rings. The van der Waals surface area contributed by atoms with Crippen LogP contribution in [0.25, 0.3) is 0 Å². The number of carbonyl (C=O) groups excluding carboxylic acids is 1. The number of aryl methyl sites for hydroxylation is 1. The molecule has 0 bridgehead atoms. The molecule has 5 heteroatoms. The number of rotatable bonds is 1. The highest BCUT2D eigenvalue weighted by molar-refractivity contribution is 7.10. The molecule has 1 aliphatic heterocycles. The third-order valence-electron chi connectivity index (χ3n) is 3.38. The van der Waals surface area contributed by atoms with Crippen LogP contribution in [0.15, 0.2) is 22.0 Å². The lowest BCUT2D eigenvalue weighted by molar-refractivity contribution is 0.0636. The van der Waals surface area contributed by atoms with E-state index in [9.17, 15) is 4.79 Å². The lowest BCUT2D eigenvalue weighted by Gasteiger charge is -2.32. The van der Waals surface area contributed by atoms with Crippen LogP contribution < -0.4 is 0 Å². The molecule has 1 aliphatic rings. The largest absolute Gasteiger partial charge is 0.351 e. The second-order valence-electron chi connectivity index (χ2n) is 4.56. The number of fused-ring (bicyclic) bond motifs is 1. The zero-order chi connectivity index (χ0) is 12.7. The van der Waals surface area contributed by atoms with Crippen LogP contribution >= 0.6 is 11.3 Å². The molecular formula is C13H14N2O2S. The Morgan fingerprint density at radius 2 is 2.44 bits per heavy atom. The van der Waals surface area contributed by atoms with Gasteiger partial charge in [-0.3, -0.25) is 4.79 Å². The predicted molar refractivity (Wildman–Crippen MR) is 68.7 cm³/mol. The molecule has 3 heterocycles. The maximum absolute atomic E-state index is 12.4. The third kappa shape index (κ3) is 1.75. The Morgan fingerprint density at radius 3 is 3.17 bits per heavy atom. The summed E-state index contributed by atoms with van der Waals surface area (Å²) in [6.45, 7) is 4.62. The summed E-state index contributed by atoms with van der Waals surface area (Å²) in [5.74, 6) is 0.262. The van der Waals surface area contributed by atoms with Gasteiger partial charge in [0.25, 0.3) is 5.91 Å². The summed E-state index contributed by atoms with van der Waals surface area (Å²) in [6.07, 6.45) is 0.927. The van der Waals surface area contributed by atoms with Crippen LogP contribution in [0, 0.1) is 6.92 Å². The summed E-state index contributed by atoms with van der Waals surface area (Å²) in [7, 11) is 0. The van der Waals surface area contributed by atoms with Crippen LogP contribution in [-0.4, -0.2) is 22.5 Å². The average Bonchev–Trinajstić information content (AvgIpc) is 2.97. The average molecular weight is 262 g/mol. The summed E-state index contributed by atoms with van der Waals surface area (Å²) >= 11 is 1.77. The van der Waals surface area contributed by atoms with Gasteiger partial charge in [-0.1, -0.05) is 5.16 Å². The van der Waals surface area contributed by atoms with Crippen LogP contribution in [0.5, 0.6) is 0 Å². The molecule has 0 aromatic carbocycles. The topological polar surface area (TPSA) is 46.3 Å². The molecular weight excluding hydrogens is 248 g/mol. The molecule has 0 N–H and O–H groups in total. The molecule has 1 unspecified atom stereocenters. The minimum absolute atomic E-state index is 0.0695. The fourth-order valence-corrected chi connectivity index (χ4v) is 3.36. The highest BCUT2D eigenvalue weighted by Crippen LogP contribution is 2.33. The van der Waals surface area contributed by atoms with Crippen molar-refractivity contribution in [3.05, 3.63) is 39.4 Å². The zero-order valence-corrected chi connectivity index (χ0v) is 11.2. The number of hydrogen-bond acceptors (Lipinski definition) is 4. The van der Waals surface area contributed by atoms with E-state index in [0.717, 1.165) is 18.7 Å². The minimum atomic E-state index is -0.0695. The molecule has 1 atom stereocenters. The quantitative estimate of drug-likeness (QED) is 0.794. The van der Waals surface area contributed by atoms with Crippen molar-refractivity contribution < 1.29 is 9.32 Å². The van der Waals surface area contributed by atoms with Gasteiger partial charge in [0.1, 0.15) is 0 Å². The minimum Gasteiger partial charge on any atom is -0.351 e. The molecule has 18 heavy (non-hydrogen) atoms. The summed E-state index contributed by atoms with van der Waals surface area (Å²) in [4.78, 5) is 15.6. The molecule has 0 aliphatic carbocycles. The Hall–Kier alpha value is -1.62. The van der Waals surface area contributed by atoms with Gasteiger partial charge >= 0.3 is 0 Å². The standard InChI is InChI=1S/C13H14N2O2S/c1-8-7-11(17-14-8)13(16)15-5-3-12-10(9(15)2)4-6-18-12/h4,6-7,9H,3,5H2,1-2H3. The second kappa shape index (κ2) is 4.24. The first-order valence-corrected chi connectivity index (χ1v) is 6.85. The summed E-state index contributed by atoms with van der Waals surface area (Å²) < 4.78 is 5.06. The number of aromatic nitrogens is 1. The molecule has 2 aromatic rings. The molecule has 3 rings (SSSR count). The van der Waals surface area contributed by atoms with Crippen LogP contribution in [0.1, 0.15) is 39.7 Å². The van der Waals surface area contributed by atoms with Gasteiger partial charge in [-0.05, 0) is 37.3 Å². The second-order valence-corrected chi connectivity index (χ2v) is 5.56. The van der Waals surface area contributed by atoms with Gasteiger partial charge in [0.15, 0.2) is 0 Å². The molecule has 1 amide bonds. The Balaban J connectivity index is 1.88. The highest BCUT2D eigenvalue weighted by atomic mass is 32.1. The van der Waals surface area contributed by atoms with Gasteiger partial charge in [-0.25, -0.2) is 0 Å². The van der Waals surface area contributed by atoms with E-state index in [-0.39, 0.29) is 11.9 Å². The molecule has 0 saturated heterocycles. The summed E-state index contributed by atoms with van der Waals surface area (Å²) in [5, 5.41) is 5.86. The van der Waals surface area contributed by atoms with E-state index >= 15 is 0 Å². The zero-order valence-electron chi connectivity index (χ0n) is 10.3. The Bertz CT molecular complexity index is 587. The van der Waals surface area contributed by atoms with Crippen LogP contribution in [0.4, 0.5) is 0 Å². The first-order valence-electron chi connectivity index (χ1n) is 5.97. The van der Waals surface area contributed by atoms with E-state index in [4.69, 9.17) is 4.52 Å². The molecule has 0 spiro atoms. The van der Waals surface area contributed by atoms with Crippen LogP contribution in [0.3, 0.4) is 0 Å². The van der Waals surface area contributed by atoms with E-state index in [0.29, 0.717) is 5.76 Å². The van der Waals surface area contributed by atoms with Crippen molar-refractivity contribution in [2.75, 3.05) is 6.54 Å². The number of nitrogens with zero attached hydrogens (tertiary/aromatic N) is 2. The Kier molecular flexibility index (Phi) is 2.70. The number of thiophene rings is 1. The van der Waals surface area contributed by atoms with Gasteiger partial charge in [0, 0.05) is 17.5 Å². The van der Waals surface area contributed by atoms with Gasteiger partial charge in [0.05, 0.1) is 11.7 Å². The number of hydrogen-bond donors (Lipinski definition) is 0. The monoisotopic (exact) mass is 262 g/mol. The highest BCUT2D eigenvalue weighted by Gasteiger charge is 2.30. The van der Waals surface area contributed by atoms with E-state index in [1.807, 2.05) is 11.8 Å². The van der Waals surface area contributed by atoms with Crippen LogP contribution in [-0.2, 0) is 6.42 Å². The maximum Gasteiger partial charge on any atom is 0.292 e. The predicted octanol–water partition coefficient (Wildman–Crippen LogP) is 2.80. The summed E-state index contributed by atoms with van der Waals surface area (Å²) in [5.41, 5.74) is 2.00. The van der Waals surface area contributed by atoms with Crippen molar-refractivity contribution in [2.45, 2.75) is 26.3 Å². The molecule has 4 nitrogen and oxygen atoms in total. The lowest BCUT2D eigenvalue weighted by Crippen LogP contribution is -2.38. The van der Waals surface area contributed by atoms with Crippen molar-refractivity contribution >= 4 is 17.2 Å². The number of carbonyl (C=O) groups is 1. The Labute approximate surface area is 109 Å². The van der Waals surface area contributed by atoms with Crippen molar-refractivity contribution in [3.8, 4) is 0 Å². The van der Waals surface area contributed by atoms with Gasteiger partial charge in [-0.15, -0.1) is 11.3 Å². The first kappa shape index (κ1) is 11.5. The van der Waals surface area contributed by atoms with Gasteiger partial charge in [-0.2, -0.15) is 0 Å².